The molecular formula is C22H20FNO3. The van der Waals surface area contributed by atoms with E-state index >= 15 is 0 Å². The molecule has 0 radical (unpaired) electrons. The maximum atomic E-state index is 13.7. The second-order valence-electron chi connectivity index (χ2n) is 6.07. The molecule has 27 heavy (non-hydrogen) atoms. The molecule has 3 rings (SSSR count). The Bertz CT molecular complexity index is 956. The Kier molecular flexibility index (Phi) is 5.71. The second-order valence-corrected chi connectivity index (χ2v) is 6.07. The van der Waals surface area contributed by atoms with Crippen molar-refractivity contribution in [3.05, 3.63) is 89.2 Å². The number of halogens is 1. The number of para-hydroxylation sites is 1. The molecule has 0 atom stereocenters. The third-order valence-electron chi connectivity index (χ3n) is 4.05. The van der Waals surface area contributed by atoms with Crippen molar-refractivity contribution in [1.29, 1.82) is 0 Å². The lowest BCUT2D eigenvalue weighted by molar-refractivity contribution is 0.102. The van der Waals surface area contributed by atoms with Gasteiger partial charge in [0, 0.05) is 11.1 Å². The highest BCUT2D eigenvalue weighted by atomic mass is 19.1. The summed E-state index contributed by atoms with van der Waals surface area (Å²) in [6, 6.07) is 18.8. The summed E-state index contributed by atoms with van der Waals surface area (Å²) in [6.45, 7) is 2.23. The molecule has 0 aliphatic rings. The highest BCUT2D eigenvalue weighted by Gasteiger charge is 2.13. The van der Waals surface area contributed by atoms with Gasteiger partial charge in [-0.2, -0.15) is 0 Å². The van der Waals surface area contributed by atoms with Crippen LogP contribution in [0.4, 0.5) is 10.1 Å². The summed E-state index contributed by atoms with van der Waals surface area (Å²) in [7, 11) is 1.56. The van der Waals surface area contributed by atoms with Crippen molar-refractivity contribution >= 4 is 11.6 Å². The zero-order valence-corrected chi connectivity index (χ0v) is 15.2. The molecule has 0 saturated carbocycles. The first-order chi connectivity index (χ1) is 13.1. The number of ether oxygens (including phenoxy) is 2. The molecule has 4 nitrogen and oxygen atoms in total. The van der Waals surface area contributed by atoms with Gasteiger partial charge in [0.05, 0.1) is 12.8 Å². The highest BCUT2D eigenvalue weighted by molar-refractivity contribution is 6.04. The maximum Gasteiger partial charge on any atom is 0.255 e. The van der Waals surface area contributed by atoms with E-state index in [4.69, 9.17) is 9.47 Å². The van der Waals surface area contributed by atoms with E-state index in [0.717, 1.165) is 16.9 Å². The number of rotatable bonds is 6. The molecule has 0 saturated heterocycles. The van der Waals surface area contributed by atoms with Gasteiger partial charge in [0.25, 0.3) is 5.91 Å². The minimum atomic E-state index is -0.484. The van der Waals surface area contributed by atoms with Gasteiger partial charge in [0.15, 0.2) is 0 Å². The lowest BCUT2D eigenvalue weighted by Crippen LogP contribution is -2.13. The van der Waals surface area contributed by atoms with Crippen molar-refractivity contribution in [2.75, 3.05) is 12.4 Å². The van der Waals surface area contributed by atoms with E-state index in [-0.39, 0.29) is 12.3 Å². The quantitative estimate of drug-likeness (QED) is 0.671. The third kappa shape index (κ3) is 4.64. The normalized spacial score (nSPS) is 10.3. The fraction of sp³-hybridized carbons (Fsp3) is 0.136. The zero-order chi connectivity index (χ0) is 19.2. The Morgan fingerprint density at radius 3 is 2.59 bits per heavy atom. The molecule has 3 aromatic carbocycles. The average molecular weight is 365 g/mol. The monoisotopic (exact) mass is 365 g/mol. The average Bonchev–Trinajstić information content (AvgIpc) is 2.68. The lowest BCUT2D eigenvalue weighted by atomic mass is 10.1. The van der Waals surface area contributed by atoms with Crippen LogP contribution in [0.2, 0.25) is 0 Å². The topological polar surface area (TPSA) is 47.6 Å². The number of nitrogens with one attached hydrogen (secondary N) is 1. The van der Waals surface area contributed by atoms with E-state index in [1.807, 2.05) is 31.2 Å². The molecular weight excluding hydrogens is 345 g/mol. The maximum absolute atomic E-state index is 13.7. The molecule has 138 valence electrons. The van der Waals surface area contributed by atoms with E-state index in [2.05, 4.69) is 5.32 Å². The van der Waals surface area contributed by atoms with E-state index in [1.165, 1.54) is 12.1 Å². The molecule has 3 aromatic rings. The van der Waals surface area contributed by atoms with Gasteiger partial charge in [-0.25, -0.2) is 4.39 Å². The van der Waals surface area contributed by atoms with Crippen LogP contribution in [0.1, 0.15) is 21.5 Å². The van der Waals surface area contributed by atoms with Crippen LogP contribution in [0, 0.1) is 12.7 Å². The van der Waals surface area contributed by atoms with Gasteiger partial charge < -0.3 is 14.8 Å². The smallest absolute Gasteiger partial charge is 0.255 e. The molecule has 0 spiro atoms. The summed E-state index contributed by atoms with van der Waals surface area (Å²) >= 11 is 0. The molecule has 5 heteroatoms. The zero-order valence-electron chi connectivity index (χ0n) is 15.2. The number of carbonyl (C=O) groups excluding carboxylic acids is 1. The van der Waals surface area contributed by atoms with Gasteiger partial charge in [0.2, 0.25) is 0 Å². The number of carbonyl (C=O) groups is 1. The lowest BCUT2D eigenvalue weighted by Gasteiger charge is -2.13. The van der Waals surface area contributed by atoms with Crippen molar-refractivity contribution < 1.29 is 18.7 Å². The Morgan fingerprint density at radius 1 is 1.04 bits per heavy atom. The number of benzene rings is 3. The summed E-state index contributed by atoms with van der Waals surface area (Å²) in [6.07, 6.45) is 0. The van der Waals surface area contributed by atoms with E-state index in [9.17, 15) is 9.18 Å². The number of methoxy groups -OCH3 is 1. The van der Waals surface area contributed by atoms with Crippen molar-refractivity contribution in [1.82, 2.24) is 0 Å². The predicted octanol–water partition coefficient (Wildman–Crippen LogP) is 4.97. The SMILES string of the molecule is COc1ccc(C(=O)Nc2ccccc2F)cc1COc1cccc(C)c1. The number of hydrogen-bond acceptors (Lipinski definition) is 3. The van der Waals surface area contributed by atoms with E-state index in [0.29, 0.717) is 11.3 Å². The molecule has 1 amide bonds. The van der Waals surface area contributed by atoms with Crippen molar-refractivity contribution in [3.8, 4) is 11.5 Å². The van der Waals surface area contributed by atoms with E-state index < -0.39 is 11.7 Å². The summed E-state index contributed by atoms with van der Waals surface area (Å²) in [5.41, 5.74) is 2.34. The minimum absolute atomic E-state index is 0.135. The Morgan fingerprint density at radius 2 is 1.85 bits per heavy atom. The molecule has 0 aliphatic carbocycles. The minimum Gasteiger partial charge on any atom is -0.496 e. The first kappa shape index (κ1) is 18.5. The van der Waals surface area contributed by atoms with Crippen molar-refractivity contribution in [2.24, 2.45) is 0 Å². The number of amides is 1. The van der Waals surface area contributed by atoms with Crippen molar-refractivity contribution in [2.45, 2.75) is 13.5 Å². The molecule has 0 unspecified atom stereocenters. The summed E-state index contributed by atoms with van der Waals surface area (Å²) in [5, 5.41) is 2.58. The van der Waals surface area contributed by atoms with Crippen LogP contribution in [0.3, 0.4) is 0 Å². The van der Waals surface area contributed by atoms with Crippen LogP contribution in [-0.2, 0) is 6.61 Å². The molecule has 0 fully saturated rings. The third-order valence-corrected chi connectivity index (χ3v) is 4.05. The van der Waals surface area contributed by atoms with Gasteiger partial charge in [-0.05, 0) is 55.0 Å². The largest absolute Gasteiger partial charge is 0.496 e. The van der Waals surface area contributed by atoms with E-state index in [1.54, 1.807) is 37.4 Å². The van der Waals surface area contributed by atoms with Crippen LogP contribution in [0.15, 0.2) is 66.7 Å². The number of hydrogen-bond donors (Lipinski definition) is 1. The standard InChI is InChI=1S/C22H20FNO3/c1-15-6-5-7-18(12-15)27-14-17-13-16(10-11-21(17)26-2)22(25)24-20-9-4-3-8-19(20)23/h3-13H,14H2,1-2H3,(H,24,25). The van der Waals surface area contributed by atoms with Gasteiger partial charge in [0.1, 0.15) is 23.9 Å². The Labute approximate surface area is 157 Å². The van der Waals surface area contributed by atoms with Crippen molar-refractivity contribution in [3.63, 3.8) is 0 Å². The molecule has 0 heterocycles. The van der Waals surface area contributed by atoms with Crippen LogP contribution in [0.5, 0.6) is 11.5 Å². The Balaban J connectivity index is 1.78. The molecule has 1 N–H and O–H groups in total. The van der Waals surface area contributed by atoms with Gasteiger partial charge in [-0.15, -0.1) is 0 Å². The van der Waals surface area contributed by atoms with Gasteiger partial charge >= 0.3 is 0 Å². The summed E-state index contributed by atoms with van der Waals surface area (Å²) in [5.74, 6) is 0.463. The highest BCUT2D eigenvalue weighted by Crippen LogP contribution is 2.23. The number of aryl methyl sites for hydroxylation is 1. The fourth-order valence-corrected chi connectivity index (χ4v) is 2.66. The van der Waals surface area contributed by atoms with Gasteiger partial charge in [-0.1, -0.05) is 24.3 Å². The van der Waals surface area contributed by atoms with Crippen LogP contribution in [-0.4, -0.2) is 13.0 Å². The van der Waals surface area contributed by atoms with Crippen LogP contribution in [0.25, 0.3) is 0 Å². The van der Waals surface area contributed by atoms with Crippen LogP contribution >= 0.6 is 0 Å². The van der Waals surface area contributed by atoms with Gasteiger partial charge in [-0.3, -0.25) is 4.79 Å². The first-order valence-electron chi connectivity index (χ1n) is 8.49. The molecule has 0 bridgehead atoms. The predicted molar refractivity (Wildman–Crippen MR) is 103 cm³/mol. The summed E-state index contributed by atoms with van der Waals surface area (Å²) in [4.78, 5) is 12.5. The number of anilines is 1. The van der Waals surface area contributed by atoms with Crippen LogP contribution < -0.4 is 14.8 Å². The molecule has 0 aliphatic heterocycles. The summed E-state index contributed by atoms with van der Waals surface area (Å²) < 4.78 is 24.9. The fourth-order valence-electron chi connectivity index (χ4n) is 2.66. The first-order valence-corrected chi connectivity index (χ1v) is 8.49. The second kappa shape index (κ2) is 8.36. The Hall–Kier alpha value is -3.34. The molecule has 0 aromatic heterocycles.